The highest BCUT2D eigenvalue weighted by atomic mass is 16.2. The summed E-state index contributed by atoms with van der Waals surface area (Å²) >= 11 is 0. The quantitative estimate of drug-likeness (QED) is 0.588. The predicted octanol–water partition coefficient (Wildman–Crippen LogP) is 2.25. The zero-order valence-electron chi connectivity index (χ0n) is 14.6. The average molecular weight is 349 g/mol. The molecule has 0 aliphatic carbocycles. The lowest BCUT2D eigenvalue weighted by Crippen LogP contribution is -2.28. The van der Waals surface area contributed by atoms with Gasteiger partial charge in [0.05, 0.1) is 23.3 Å². The summed E-state index contributed by atoms with van der Waals surface area (Å²) in [5.74, 6) is 1.06. The summed E-state index contributed by atoms with van der Waals surface area (Å²) in [5.41, 5.74) is 9.25. The number of H-pyrrole nitrogens is 1. The molecule has 0 aliphatic rings. The first kappa shape index (κ1) is 16.1. The molecular formula is C18H19N7O. The molecule has 0 fully saturated rings. The van der Waals surface area contributed by atoms with Gasteiger partial charge < -0.3 is 15.6 Å². The van der Waals surface area contributed by atoms with Gasteiger partial charge in [-0.2, -0.15) is 5.10 Å². The van der Waals surface area contributed by atoms with Crippen molar-refractivity contribution in [2.45, 2.75) is 20.4 Å². The minimum Gasteiger partial charge on any atom is -0.382 e. The van der Waals surface area contributed by atoms with Crippen LogP contribution < -0.4 is 5.73 Å². The SMILES string of the molecule is CCN(Cc1nc2c(N)nc3cc(-n4cccn4)ccc3c2[nH]1)C(C)=O. The molecule has 0 radical (unpaired) electrons. The molecule has 0 spiro atoms. The highest BCUT2D eigenvalue weighted by Crippen LogP contribution is 2.27. The van der Waals surface area contributed by atoms with E-state index < -0.39 is 0 Å². The summed E-state index contributed by atoms with van der Waals surface area (Å²) in [5, 5.41) is 5.17. The monoisotopic (exact) mass is 349 g/mol. The van der Waals surface area contributed by atoms with Gasteiger partial charge >= 0.3 is 0 Å². The van der Waals surface area contributed by atoms with E-state index >= 15 is 0 Å². The Morgan fingerprint density at radius 2 is 2.19 bits per heavy atom. The largest absolute Gasteiger partial charge is 0.382 e. The zero-order valence-corrected chi connectivity index (χ0v) is 14.6. The Bertz CT molecular complexity index is 1100. The number of hydrogen-bond donors (Lipinski definition) is 2. The average Bonchev–Trinajstić information content (AvgIpc) is 3.29. The van der Waals surface area contributed by atoms with E-state index in [4.69, 9.17) is 5.73 Å². The molecule has 3 N–H and O–H groups in total. The van der Waals surface area contributed by atoms with Crippen molar-refractivity contribution in [2.75, 3.05) is 12.3 Å². The fourth-order valence-electron chi connectivity index (χ4n) is 3.07. The molecule has 1 amide bonds. The van der Waals surface area contributed by atoms with Gasteiger partial charge in [0.15, 0.2) is 5.82 Å². The maximum Gasteiger partial charge on any atom is 0.219 e. The molecule has 8 nitrogen and oxygen atoms in total. The number of pyridine rings is 1. The Labute approximate surface area is 149 Å². The second-order valence-corrected chi connectivity index (χ2v) is 6.09. The smallest absolute Gasteiger partial charge is 0.219 e. The molecule has 0 unspecified atom stereocenters. The number of carbonyl (C=O) groups is 1. The molecular weight excluding hydrogens is 330 g/mol. The van der Waals surface area contributed by atoms with Gasteiger partial charge in [-0.3, -0.25) is 4.79 Å². The van der Waals surface area contributed by atoms with E-state index in [1.165, 1.54) is 0 Å². The molecule has 4 rings (SSSR count). The molecule has 3 heterocycles. The van der Waals surface area contributed by atoms with Gasteiger partial charge in [0, 0.05) is 31.2 Å². The van der Waals surface area contributed by atoms with E-state index in [0.29, 0.717) is 30.2 Å². The van der Waals surface area contributed by atoms with Crippen LogP contribution in [0.3, 0.4) is 0 Å². The number of imidazole rings is 1. The molecule has 0 atom stereocenters. The Balaban J connectivity index is 1.83. The van der Waals surface area contributed by atoms with E-state index in [2.05, 4.69) is 20.1 Å². The van der Waals surface area contributed by atoms with Crippen LogP contribution in [0.5, 0.6) is 0 Å². The third-order valence-electron chi connectivity index (χ3n) is 4.42. The van der Waals surface area contributed by atoms with Crippen LogP contribution in [0.2, 0.25) is 0 Å². The van der Waals surface area contributed by atoms with Gasteiger partial charge in [-0.05, 0) is 31.2 Å². The number of nitrogen functional groups attached to an aromatic ring is 1. The fourth-order valence-corrected chi connectivity index (χ4v) is 3.07. The molecule has 0 saturated carbocycles. The number of aromatic nitrogens is 5. The van der Waals surface area contributed by atoms with Crippen LogP contribution in [0.25, 0.3) is 27.6 Å². The second kappa shape index (κ2) is 6.14. The zero-order chi connectivity index (χ0) is 18.3. The first-order valence-corrected chi connectivity index (χ1v) is 8.40. The molecule has 4 aromatic rings. The van der Waals surface area contributed by atoms with Gasteiger partial charge in [-0.25, -0.2) is 14.6 Å². The number of carbonyl (C=O) groups excluding carboxylic acids is 1. The van der Waals surface area contributed by atoms with Crippen LogP contribution in [0.15, 0.2) is 36.7 Å². The molecule has 0 aliphatic heterocycles. The van der Waals surface area contributed by atoms with Crippen LogP contribution in [0.1, 0.15) is 19.7 Å². The number of nitrogens with zero attached hydrogens (tertiary/aromatic N) is 5. The van der Waals surface area contributed by atoms with Crippen molar-refractivity contribution in [3.05, 3.63) is 42.5 Å². The predicted molar refractivity (Wildman–Crippen MR) is 99.7 cm³/mol. The van der Waals surface area contributed by atoms with Crippen molar-refractivity contribution in [2.24, 2.45) is 0 Å². The summed E-state index contributed by atoms with van der Waals surface area (Å²) in [7, 11) is 0. The molecule has 3 aromatic heterocycles. The Morgan fingerprint density at radius 1 is 1.35 bits per heavy atom. The first-order valence-electron chi connectivity index (χ1n) is 8.40. The maximum absolute atomic E-state index is 11.7. The number of nitrogens with two attached hydrogens (primary N) is 1. The van der Waals surface area contributed by atoms with Crippen molar-refractivity contribution >= 4 is 33.7 Å². The third kappa shape index (κ3) is 2.65. The van der Waals surface area contributed by atoms with Gasteiger partial charge in [0.2, 0.25) is 5.91 Å². The van der Waals surface area contributed by atoms with Crippen LogP contribution in [-0.2, 0) is 11.3 Å². The third-order valence-corrected chi connectivity index (χ3v) is 4.42. The summed E-state index contributed by atoms with van der Waals surface area (Å²) < 4.78 is 1.77. The van der Waals surface area contributed by atoms with Crippen LogP contribution >= 0.6 is 0 Å². The number of rotatable bonds is 4. The van der Waals surface area contributed by atoms with E-state index in [1.807, 2.05) is 37.4 Å². The number of fused-ring (bicyclic) bond motifs is 3. The maximum atomic E-state index is 11.7. The standard InChI is InChI=1S/C18H19N7O/c1-3-24(11(2)26)10-15-22-16-13-6-5-12(25-8-4-7-20-25)9-14(13)21-18(19)17(16)23-15/h4-9H,3,10H2,1-2H3,(H2,19,21)(H,22,23). The summed E-state index contributed by atoms with van der Waals surface area (Å²) in [6.45, 7) is 4.52. The van der Waals surface area contributed by atoms with Crippen molar-refractivity contribution in [1.82, 2.24) is 29.6 Å². The topological polar surface area (TPSA) is 106 Å². The van der Waals surface area contributed by atoms with E-state index in [-0.39, 0.29) is 5.91 Å². The Hall–Kier alpha value is -3.42. The Morgan fingerprint density at radius 3 is 2.88 bits per heavy atom. The Kier molecular flexibility index (Phi) is 3.80. The number of amides is 1. The number of hydrogen-bond acceptors (Lipinski definition) is 5. The van der Waals surface area contributed by atoms with Gasteiger partial charge in [-0.1, -0.05) is 0 Å². The summed E-state index contributed by atoms with van der Waals surface area (Å²) in [6.07, 6.45) is 3.60. The number of benzene rings is 1. The highest BCUT2D eigenvalue weighted by molar-refractivity contribution is 6.06. The lowest BCUT2D eigenvalue weighted by Gasteiger charge is -2.16. The molecule has 0 bridgehead atoms. The van der Waals surface area contributed by atoms with Crippen LogP contribution in [-0.4, -0.2) is 42.1 Å². The van der Waals surface area contributed by atoms with Gasteiger partial charge in [-0.15, -0.1) is 0 Å². The molecule has 26 heavy (non-hydrogen) atoms. The molecule has 8 heteroatoms. The minimum absolute atomic E-state index is 0.00720. The molecule has 0 saturated heterocycles. The number of nitrogens with one attached hydrogen (secondary N) is 1. The lowest BCUT2D eigenvalue weighted by atomic mass is 10.1. The van der Waals surface area contributed by atoms with Crippen molar-refractivity contribution in [1.29, 1.82) is 0 Å². The van der Waals surface area contributed by atoms with Crippen molar-refractivity contribution in [3.63, 3.8) is 0 Å². The van der Waals surface area contributed by atoms with Crippen molar-refractivity contribution in [3.8, 4) is 5.69 Å². The fraction of sp³-hybridized carbons (Fsp3) is 0.222. The molecule has 132 valence electrons. The van der Waals surface area contributed by atoms with Crippen LogP contribution in [0, 0.1) is 0 Å². The van der Waals surface area contributed by atoms with E-state index in [1.54, 1.807) is 22.7 Å². The highest BCUT2D eigenvalue weighted by Gasteiger charge is 2.15. The lowest BCUT2D eigenvalue weighted by molar-refractivity contribution is -0.129. The van der Waals surface area contributed by atoms with Crippen LogP contribution in [0.4, 0.5) is 5.82 Å². The number of aromatic amines is 1. The normalized spacial score (nSPS) is 11.3. The summed E-state index contributed by atoms with van der Waals surface area (Å²) in [4.78, 5) is 25.7. The minimum atomic E-state index is 0.00720. The van der Waals surface area contributed by atoms with E-state index in [9.17, 15) is 4.79 Å². The number of anilines is 1. The van der Waals surface area contributed by atoms with Crippen molar-refractivity contribution < 1.29 is 4.79 Å². The van der Waals surface area contributed by atoms with Gasteiger partial charge in [0.25, 0.3) is 0 Å². The van der Waals surface area contributed by atoms with E-state index in [0.717, 1.165) is 22.1 Å². The van der Waals surface area contributed by atoms with Gasteiger partial charge in [0.1, 0.15) is 11.3 Å². The molecule has 1 aromatic carbocycles. The summed E-state index contributed by atoms with van der Waals surface area (Å²) in [6, 6.07) is 7.75. The first-order chi connectivity index (χ1) is 12.6. The second-order valence-electron chi connectivity index (χ2n) is 6.09.